The summed E-state index contributed by atoms with van der Waals surface area (Å²) in [4.78, 5) is 16.3. The van der Waals surface area contributed by atoms with E-state index in [9.17, 15) is 4.79 Å². The van der Waals surface area contributed by atoms with E-state index in [1.165, 1.54) is 18.4 Å². The van der Waals surface area contributed by atoms with Crippen LogP contribution >= 0.6 is 11.9 Å². The van der Waals surface area contributed by atoms with Gasteiger partial charge in [0.2, 0.25) is 5.91 Å². The minimum absolute atomic E-state index is 0.159. The number of para-hydroxylation sites is 1. The van der Waals surface area contributed by atoms with E-state index < -0.39 is 0 Å². The molecule has 31 heavy (non-hydrogen) atoms. The number of likely N-dealkylation sites (N-methyl/N-ethyl adjacent to an activating group) is 1. The van der Waals surface area contributed by atoms with Crippen molar-refractivity contribution in [3.05, 3.63) is 42.0 Å². The monoisotopic (exact) mass is 438 g/mol. The molecular weight excluding hydrogens is 408 g/mol. The number of hydrogen-bond donors (Lipinski definition) is 3. The predicted molar refractivity (Wildman–Crippen MR) is 127 cm³/mol. The summed E-state index contributed by atoms with van der Waals surface area (Å²) in [5.74, 6) is 1.00. The lowest BCUT2D eigenvalue weighted by Crippen LogP contribution is -2.40. The molecule has 1 unspecified atom stereocenters. The van der Waals surface area contributed by atoms with Crippen molar-refractivity contribution in [2.24, 2.45) is 0 Å². The third kappa shape index (κ3) is 3.74. The predicted octanol–water partition coefficient (Wildman–Crippen LogP) is 4.69. The van der Waals surface area contributed by atoms with Crippen molar-refractivity contribution in [3.8, 4) is 5.75 Å². The average molecular weight is 439 g/mol. The zero-order valence-corrected chi connectivity index (χ0v) is 19.0. The second kappa shape index (κ2) is 8.28. The number of methoxy groups -OCH3 is 1. The second-order valence-electron chi connectivity index (χ2n) is 8.94. The van der Waals surface area contributed by atoms with Crippen molar-refractivity contribution >= 4 is 34.9 Å². The van der Waals surface area contributed by atoms with Crippen molar-refractivity contribution in [3.63, 3.8) is 0 Å². The fourth-order valence-electron chi connectivity index (χ4n) is 5.03. The fraction of sp³-hybridized carbons (Fsp3) is 0.458. The van der Waals surface area contributed by atoms with Gasteiger partial charge in [-0.2, -0.15) is 0 Å². The average Bonchev–Trinajstić information content (AvgIpc) is 3.05. The number of rotatable bonds is 6. The van der Waals surface area contributed by atoms with Gasteiger partial charge < -0.3 is 25.0 Å². The smallest absolute Gasteiger partial charge is 0.235 e. The quantitative estimate of drug-likeness (QED) is 0.569. The summed E-state index contributed by atoms with van der Waals surface area (Å²) in [7, 11) is 3.86. The molecule has 2 fully saturated rings. The molecule has 2 aromatic carbocycles. The van der Waals surface area contributed by atoms with Gasteiger partial charge in [-0.3, -0.25) is 4.79 Å². The summed E-state index contributed by atoms with van der Waals surface area (Å²) in [6, 6.07) is 12.7. The first-order valence-electron chi connectivity index (χ1n) is 11.1. The van der Waals surface area contributed by atoms with Crippen LogP contribution in [-0.2, 0) is 10.2 Å². The Bertz CT molecular complexity index is 992. The van der Waals surface area contributed by atoms with Crippen LogP contribution in [0.25, 0.3) is 0 Å². The van der Waals surface area contributed by atoms with Gasteiger partial charge in [0.05, 0.1) is 28.8 Å². The number of piperidine rings is 1. The van der Waals surface area contributed by atoms with E-state index in [4.69, 9.17) is 4.74 Å². The summed E-state index contributed by atoms with van der Waals surface area (Å²) in [5.41, 5.74) is 3.80. The number of hydrogen-bond acceptors (Lipinski definition) is 6. The van der Waals surface area contributed by atoms with Crippen molar-refractivity contribution in [1.29, 1.82) is 0 Å². The Kier molecular flexibility index (Phi) is 5.48. The van der Waals surface area contributed by atoms with Crippen molar-refractivity contribution in [1.82, 2.24) is 4.90 Å². The lowest BCUT2D eigenvalue weighted by atomic mass is 9.65. The molecule has 0 bridgehead atoms. The zero-order valence-electron chi connectivity index (χ0n) is 18.2. The lowest BCUT2D eigenvalue weighted by molar-refractivity contribution is -0.123. The van der Waals surface area contributed by atoms with E-state index in [0.717, 1.165) is 72.0 Å². The van der Waals surface area contributed by atoms with Gasteiger partial charge in [-0.1, -0.05) is 18.6 Å². The maximum atomic E-state index is 12.9. The molecule has 2 heterocycles. The van der Waals surface area contributed by atoms with Crippen LogP contribution in [0.4, 0.5) is 17.1 Å². The Hall–Kier alpha value is -2.38. The van der Waals surface area contributed by atoms with Gasteiger partial charge in [0.15, 0.2) is 0 Å². The molecule has 3 aliphatic rings. The maximum Gasteiger partial charge on any atom is 0.235 e. The van der Waals surface area contributed by atoms with Crippen LogP contribution in [0.15, 0.2) is 41.3 Å². The highest BCUT2D eigenvalue weighted by molar-refractivity contribution is 8.00. The number of anilines is 3. The molecule has 0 radical (unpaired) electrons. The molecule has 3 N–H and O–H groups in total. The van der Waals surface area contributed by atoms with Crippen LogP contribution in [-0.4, -0.2) is 44.1 Å². The van der Waals surface area contributed by atoms with Gasteiger partial charge in [0.25, 0.3) is 0 Å². The van der Waals surface area contributed by atoms with E-state index in [-0.39, 0.29) is 11.3 Å². The van der Waals surface area contributed by atoms with E-state index >= 15 is 0 Å². The second-order valence-corrected chi connectivity index (χ2v) is 9.78. The molecule has 1 atom stereocenters. The number of amides is 1. The highest BCUT2D eigenvalue weighted by Crippen LogP contribution is 2.54. The SMILES string of the molecule is COc1ccccc1SNc1cc(NC2CCCN(C)C2)c2c(c1)C1(CCC1)C(=O)N2. The molecule has 164 valence electrons. The molecule has 1 saturated carbocycles. The number of fused-ring (bicyclic) bond motifs is 2. The van der Waals surface area contributed by atoms with Gasteiger partial charge in [-0.25, -0.2) is 0 Å². The number of ether oxygens (including phenoxy) is 1. The molecule has 7 heteroatoms. The van der Waals surface area contributed by atoms with Gasteiger partial charge in [0.1, 0.15) is 5.75 Å². The Morgan fingerprint density at radius 3 is 2.81 bits per heavy atom. The van der Waals surface area contributed by atoms with Crippen molar-refractivity contribution in [2.45, 2.75) is 48.5 Å². The maximum absolute atomic E-state index is 12.9. The van der Waals surface area contributed by atoms with Gasteiger partial charge in [-0.05, 0) is 81.1 Å². The van der Waals surface area contributed by atoms with E-state index in [1.807, 2.05) is 24.3 Å². The number of carbonyl (C=O) groups is 1. The largest absolute Gasteiger partial charge is 0.496 e. The molecule has 1 saturated heterocycles. The highest BCUT2D eigenvalue weighted by atomic mass is 32.2. The number of nitrogens with zero attached hydrogens (tertiary/aromatic N) is 1. The number of carbonyl (C=O) groups excluding carboxylic acids is 1. The van der Waals surface area contributed by atoms with Crippen LogP contribution in [0.1, 0.15) is 37.7 Å². The summed E-state index contributed by atoms with van der Waals surface area (Å²) >= 11 is 1.54. The fourth-order valence-corrected chi connectivity index (χ4v) is 5.77. The molecule has 1 spiro atoms. The van der Waals surface area contributed by atoms with Crippen LogP contribution in [0, 0.1) is 0 Å². The molecule has 1 aliphatic carbocycles. The molecule has 5 rings (SSSR count). The highest BCUT2D eigenvalue weighted by Gasteiger charge is 2.52. The lowest BCUT2D eigenvalue weighted by Gasteiger charge is -2.36. The van der Waals surface area contributed by atoms with Gasteiger partial charge in [0, 0.05) is 18.3 Å². The summed E-state index contributed by atoms with van der Waals surface area (Å²) in [5, 5.41) is 6.96. The summed E-state index contributed by atoms with van der Waals surface area (Å²) < 4.78 is 8.98. The number of benzene rings is 2. The summed E-state index contributed by atoms with van der Waals surface area (Å²) in [6.45, 7) is 2.16. The van der Waals surface area contributed by atoms with Crippen LogP contribution < -0.4 is 20.1 Å². The van der Waals surface area contributed by atoms with E-state index in [0.29, 0.717) is 6.04 Å². The standard InChI is InChI=1S/C24H30N4O2S/c1-28-12-5-7-16(15-28)25-19-14-17(27-31-21-9-4-3-8-20(21)30-2)13-18-22(19)26-23(29)24(18)10-6-11-24/h3-4,8-9,13-14,16,25,27H,5-7,10-12,15H2,1-2H3,(H,26,29). The van der Waals surface area contributed by atoms with Crippen LogP contribution in [0.2, 0.25) is 0 Å². The molecule has 6 nitrogen and oxygen atoms in total. The molecule has 0 aromatic heterocycles. The van der Waals surface area contributed by atoms with E-state index in [2.05, 4.69) is 39.4 Å². The Morgan fingerprint density at radius 2 is 2.06 bits per heavy atom. The topological polar surface area (TPSA) is 65.6 Å². The molecule has 2 aromatic rings. The first-order chi connectivity index (χ1) is 15.1. The first kappa shape index (κ1) is 20.5. The van der Waals surface area contributed by atoms with Gasteiger partial charge in [-0.15, -0.1) is 0 Å². The van der Waals surface area contributed by atoms with Crippen LogP contribution in [0.5, 0.6) is 5.75 Å². The van der Waals surface area contributed by atoms with Gasteiger partial charge >= 0.3 is 0 Å². The third-order valence-electron chi connectivity index (χ3n) is 6.87. The Morgan fingerprint density at radius 1 is 1.23 bits per heavy atom. The third-order valence-corrected chi connectivity index (χ3v) is 7.76. The number of likely N-dealkylation sites (tertiary alicyclic amines) is 1. The minimum atomic E-state index is -0.345. The van der Waals surface area contributed by atoms with Crippen molar-refractivity contribution in [2.75, 3.05) is 42.6 Å². The first-order valence-corrected chi connectivity index (χ1v) is 11.9. The summed E-state index contributed by atoms with van der Waals surface area (Å²) in [6.07, 6.45) is 5.30. The van der Waals surface area contributed by atoms with E-state index in [1.54, 1.807) is 7.11 Å². The number of nitrogens with one attached hydrogen (secondary N) is 3. The molecule has 2 aliphatic heterocycles. The molecular formula is C24H30N4O2S. The Balaban J connectivity index is 1.45. The normalized spacial score (nSPS) is 21.9. The van der Waals surface area contributed by atoms with Crippen LogP contribution in [0.3, 0.4) is 0 Å². The Labute approximate surface area is 188 Å². The zero-order chi connectivity index (χ0) is 21.4. The molecule has 1 amide bonds. The van der Waals surface area contributed by atoms with Crippen molar-refractivity contribution < 1.29 is 9.53 Å². The minimum Gasteiger partial charge on any atom is -0.496 e.